The van der Waals surface area contributed by atoms with E-state index in [1.807, 2.05) is 24.3 Å². The first kappa shape index (κ1) is 13.2. The van der Waals surface area contributed by atoms with E-state index in [2.05, 4.69) is 26.1 Å². The third-order valence-electron chi connectivity index (χ3n) is 1.91. The summed E-state index contributed by atoms with van der Waals surface area (Å²) in [5.74, 6) is 0. The van der Waals surface area contributed by atoms with Crippen molar-refractivity contribution in [2.24, 2.45) is 0 Å². The van der Waals surface area contributed by atoms with Crippen LogP contribution in [0.5, 0.6) is 0 Å². The smallest absolute Gasteiger partial charge is 0.127 e. The maximum Gasteiger partial charge on any atom is 0.127 e. The monoisotopic (exact) mass is 240 g/mol. The zero-order valence-corrected chi connectivity index (χ0v) is 11.4. The van der Waals surface area contributed by atoms with Gasteiger partial charge in [0, 0.05) is 11.2 Å². The highest BCUT2D eigenvalue weighted by molar-refractivity contribution is 7.82. The zero-order valence-electron chi connectivity index (χ0n) is 10.6. The zero-order chi connectivity index (χ0) is 12.3. The largest absolute Gasteiger partial charge is 0.380 e. The minimum Gasteiger partial charge on any atom is -0.380 e. The Morgan fingerprint density at radius 2 is 1.62 bits per heavy atom. The third-order valence-corrected chi connectivity index (χ3v) is 3.25. The van der Waals surface area contributed by atoms with Crippen molar-refractivity contribution in [1.82, 2.24) is 4.31 Å². The van der Waals surface area contributed by atoms with Crippen LogP contribution in [-0.4, -0.2) is 28.1 Å². The summed E-state index contributed by atoms with van der Waals surface area (Å²) in [4.78, 5) is 0.824. The van der Waals surface area contributed by atoms with Crippen molar-refractivity contribution in [3.05, 3.63) is 24.3 Å². The first-order chi connectivity index (χ1) is 7.29. The Hall–Kier alpha value is -0.870. The molecular formula is C12H20N2OS. The van der Waals surface area contributed by atoms with Crippen molar-refractivity contribution in [3.8, 4) is 0 Å². The molecule has 0 radical (unpaired) electrons. The van der Waals surface area contributed by atoms with Crippen LogP contribution in [0.1, 0.15) is 20.8 Å². The molecule has 1 N–H and O–H groups in total. The number of hydrogen-bond acceptors (Lipinski definition) is 2. The summed E-state index contributed by atoms with van der Waals surface area (Å²) < 4.78 is 13.4. The van der Waals surface area contributed by atoms with Crippen molar-refractivity contribution < 1.29 is 4.21 Å². The lowest BCUT2D eigenvalue weighted by Crippen LogP contribution is -2.26. The molecule has 0 heterocycles. The first-order valence-electron chi connectivity index (χ1n) is 5.27. The molecule has 90 valence electrons. The van der Waals surface area contributed by atoms with Crippen LogP contribution in [0.3, 0.4) is 0 Å². The average Bonchev–Trinajstić information content (AvgIpc) is 2.15. The number of nitrogens with one attached hydrogen (secondary N) is 1. The second kappa shape index (κ2) is 4.97. The molecule has 0 saturated carbocycles. The quantitative estimate of drug-likeness (QED) is 0.880. The van der Waals surface area contributed by atoms with E-state index in [9.17, 15) is 4.21 Å². The van der Waals surface area contributed by atoms with E-state index in [1.54, 1.807) is 18.4 Å². The molecule has 1 aromatic rings. The maximum absolute atomic E-state index is 11.8. The maximum atomic E-state index is 11.8. The third kappa shape index (κ3) is 3.94. The molecule has 0 saturated heterocycles. The standard InChI is InChI=1S/C12H20N2OS/c1-12(2,3)13-10-6-8-11(9-7-10)16(15)14(4)5/h6-9,13H,1-5H3. The molecule has 0 amide bonds. The highest BCUT2D eigenvalue weighted by Crippen LogP contribution is 2.17. The van der Waals surface area contributed by atoms with Crippen molar-refractivity contribution in [1.29, 1.82) is 0 Å². The highest BCUT2D eigenvalue weighted by Gasteiger charge is 2.10. The molecule has 16 heavy (non-hydrogen) atoms. The second-order valence-electron chi connectivity index (χ2n) is 4.96. The van der Waals surface area contributed by atoms with E-state index in [1.165, 1.54) is 0 Å². The van der Waals surface area contributed by atoms with Gasteiger partial charge in [-0.05, 0) is 59.1 Å². The molecule has 1 atom stereocenters. The second-order valence-corrected chi connectivity index (χ2v) is 6.66. The van der Waals surface area contributed by atoms with E-state index < -0.39 is 11.0 Å². The number of anilines is 1. The Kier molecular flexibility index (Phi) is 4.10. The lowest BCUT2D eigenvalue weighted by Gasteiger charge is -2.22. The number of nitrogens with zero attached hydrogens (tertiary/aromatic N) is 1. The van der Waals surface area contributed by atoms with Crippen LogP contribution in [-0.2, 0) is 11.0 Å². The van der Waals surface area contributed by atoms with Gasteiger partial charge in [-0.3, -0.25) is 0 Å². The van der Waals surface area contributed by atoms with Gasteiger partial charge in [0.2, 0.25) is 0 Å². The fourth-order valence-electron chi connectivity index (χ4n) is 1.30. The summed E-state index contributed by atoms with van der Waals surface area (Å²) in [5.41, 5.74) is 1.09. The highest BCUT2D eigenvalue weighted by atomic mass is 32.2. The molecule has 0 spiro atoms. The Labute approximate surface area is 100 Å². The van der Waals surface area contributed by atoms with Gasteiger partial charge in [-0.15, -0.1) is 0 Å². The van der Waals surface area contributed by atoms with Crippen LogP contribution < -0.4 is 5.32 Å². The molecule has 0 aromatic heterocycles. The van der Waals surface area contributed by atoms with Gasteiger partial charge in [-0.1, -0.05) is 0 Å². The van der Waals surface area contributed by atoms with E-state index >= 15 is 0 Å². The van der Waals surface area contributed by atoms with E-state index in [-0.39, 0.29) is 5.54 Å². The molecule has 1 unspecified atom stereocenters. The van der Waals surface area contributed by atoms with Crippen LogP contribution >= 0.6 is 0 Å². The molecule has 0 aliphatic carbocycles. The van der Waals surface area contributed by atoms with Crippen molar-refractivity contribution in [2.75, 3.05) is 19.4 Å². The van der Waals surface area contributed by atoms with E-state index in [0.717, 1.165) is 10.6 Å². The number of hydrogen-bond donors (Lipinski definition) is 1. The van der Waals surface area contributed by atoms with Gasteiger partial charge < -0.3 is 5.32 Å². The fraction of sp³-hybridized carbons (Fsp3) is 0.500. The molecule has 1 rings (SSSR count). The summed E-state index contributed by atoms with van der Waals surface area (Å²) >= 11 is 0. The predicted molar refractivity (Wildman–Crippen MR) is 69.9 cm³/mol. The van der Waals surface area contributed by atoms with Gasteiger partial charge in [-0.2, -0.15) is 0 Å². The topological polar surface area (TPSA) is 32.3 Å². The molecular weight excluding hydrogens is 220 g/mol. The summed E-state index contributed by atoms with van der Waals surface area (Å²) in [5, 5.41) is 3.36. The lowest BCUT2D eigenvalue weighted by molar-refractivity contribution is 0.603. The lowest BCUT2D eigenvalue weighted by atomic mass is 10.1. The molecule has 0 bridgehead atoms. The van der Waals surface area contributed by atoms with Gasteiger partial charge in [0.05, 0.1) is 4.90 Å². The van der Waals surface area contributed by atoms with Crippen molar-refractivity contribution >= 4 is 16.7 Å². The van der Waals surface area contributed by atoms with Crippen LogP contribution in [0.15, 0.2) is 29.2 Å². The van der Waals surface area contributed by atoms with Crippen molar-refractivity contribution in [3.63, 3.8) is 0 Å². The predicted octanol–water partition coefficient (Wildman–Crippen LogP) is 2.48. The Balaban J connectivity index is 2.80. The Morgan fingerprint density at radius 1 is 1.12 bits per heavy atom. The van der Waals surface area contributed by atoms with Crippen molar-refractivity contribution in [2.45, 2.75) is 31.2 Å². The van der Waals surface area contributed by atoms with Gasteiger partial charge in [-0.25, -0.2) is 8.51 Å². The summed E-state index contributed by atoms with van der Waals surface area (Å²) in [7, 11) is 2.55. The normalized spacial score (nSPS) is 13.9. The summed E-state index contributed by atoms with van der Waals surface area (Å²) in [6, 6.07) is 7.71. The van der Waals surface area contributed by atoms with Gasteiger partial charge in [0.25, 0.3) is 0 Å². The van der Waals surface area contributed by atoms with Crippen LogP contribution in [0, 0.1) is 0 Å². The van der Waals surface area contributed by atoms with Crippen LogP contribution in [0.25, 0.3) is 0 Å². The summed E-state index contributed by atoms with van der Waals surface area (Å²) in [6.45, 7) is 6.33. The van der Waals surface area contributed by atoms with Crippen LogP contribution in [0.2, 0.25) is 0 Å². The number of benzene rings is 1. The first-order valence-corrected chi connectivity index (χ1v) is 6.38. The van der Waals surface area contributed by atoms with Gasteiger partial charge >= 0.3 is 0 Å². The minimum atomic E-state index is -1.06. The average molecular weight is 240 g/mol. The van der Waals surface area contributed by atoms with Gasteiger partial charge in [0.1, 0.15) is 11.0 Å². The molecule has 0 aliphatic rings. The van der Waals surface area contributed by atoms with Crippen LogP contribution in [0.4, 0.5) is 5.69 Å². The summed E-state index contributed by atoms with van der Waals surface area (Å²) in [6.07, 6.45) is 0. The molecule has 1 aromatic carbocycles. The minimum absolute atomic E-state index is 0.0439. The number of rotatable bonds is 3. The SMILES string of the molecule is CN(C)S(=O)c1ccc(NC(C)(C)C)cc1. The molecule has 3 nitrogen and oxygen atoms in total. The Bertz CT molecular complexity index is 366. The molecule has 0 fully saturated rings. The molecule has 0 aliphatic heterocycles. The Morgan fingerprint density at radius 3 is 2.00 bits per heavy atom. The molecule has 4 heteroatoms. The van der Waals surface area contributed by atoms with Gasteiger partial charge in [0.15, 0.2) is 0 Å². The van der Waals surface area contributed by atoms with E-state index in [0.29, 0.717) is 0 Å². The van der Waals surface area contributed by atoms with E-state index in [4.69, 9.17) is 0 Å². The fourth-order valence-corrected chi connectivity index (χ4v) is 2.09.